The Bertz CT molecular complexity index is 920. The predicted octanol–water partition coefficient (Wildman–Crippen LogP) is 3.10. The fourth-order valence-corrected chi connectivity index (χ4v) is 2.89. The summed E-state index contributed by atoms with van der Waals surface area (Å²) < 4.78 is 13.3. The third-order valence-corrected chi connectivity index (χ3v) is 4.04. The molecule has 2 aromatic carbocycles. The molecule has 0 saturated carbocycles. The van der Waals surface area contributed by atoms with Gasteiger partial charge < -0.3 is 10.1 Å². The minimum Gasteiger partial charge on any atom is -0.452 e. The van der Waals surface area contributed by atoms with Crippen LogP contribution in [0.1, 0.15) is 21.5 Å². The molecule has 0 aliphatic carbocycles. The van der Waals surface area contributed by atoms with Gasteiger partial charge >= 0.3 is 5.97 Å². The van der Waals surface area contributed by atoms with Crippen LogP contribution in [-0.2, 0) is 9.53 Å². The van der Waals surface area contributed by atoms with E-state index in [9.17, 15) is 9.59 Å². The van der Waals surface area contributed by atoms with Crippen molar-refractivity contribution in [3.05, 3.63) is 53.1 Å². The molecule has 24 heavy (non-hydrogen) atoms. The maximum atomic E-state index is 12.1. The largest absolute Gasteiger partial charge is 0.452 e. The van der Waals surface area contributed by atoms with Crippen LogP contribution in [-0.4, -0.2) is 27.2 Å². The highest BCUT2D eigenvalue weighted by Gasteiger charge is 2.14. The lowest BCUT2D eigenvalue weighted by atomic mass is 10.1. The van der Waals surface area contributed by atoms with E-state index in [1.54, 1.807) is 18.2 Å². The Morgan fingerprint density at radius 1 is 1.17 bits per heavy atom. The standard InChI is InChI=1S/C17H15N3O3S/c1-10-6-7-12(11(2)8-10)17(22)23-9-15(21)18-13-4-3-5-14-16(13)20-24-19-14/h3-8H,9H2,1-2H3,(H,18,21). The van der Waals surface area contributed by atoms with Gasteiger partial charge in [0.05, 0.1) is 23.0 Å². The topological polar surface area (TPSA) is 81.2 Å². The van der Waals surface area contributed by atoms with Crippen molar-refractivity contribution >= 4 is 40.3 Å². The first kappa shape index (κ1) is 16.1. The monoisotopic (exact) mass is 341 g/mol. The van der Waals surface area contributed by atoms with E-state index in [0.717, 1.165) is 22.9 Å². The van der Waals surface area contributed by atoms with Crippen molar-refractivity contribution in [2.45, 2.75) is 13.8 Å². The van der Waals surface area contributed by atoms with Crippen molar-refractivity contribution < 1.29 is 14.3 Å². The SMILES string of the molecule is Cc1ccc(C(=O)OCC(=O)Nc2cccc3nsnc23)c(C)c1. The molecule has 0 bridgehead atoms. The zero-order chi connectivity index (χ0) is 17.1. The molecule has 122 valence electrons. The van der Waals surface area contributed by atoms with Crippen LogP contribution in [0, 0.1) is 13.8 Å². The second-order valence-electron chi connectivity index (χ2n) is 5.38. The van der Waals surface area contributed by atoms with Gasteiger partial charge in [-0.2, -0.15) is 8.75 Å². The second-order valence-corrected chi connectivity index (χ2v) is 5.91. The number of carbonyl (C=O) groups excluding carboxylic acids is 2. The van der Waals surface area contributed by atoms with Crippen molar-refractivity contribution in [1.82, 2.24) is 8.75 Å². The Balaban J connectivity index is 1.63. The quantitative estimate of drug-likeness (QED) is 0.738. The molecule has 3 rings (SSSR count). The Morgan fingerprint density at radius 2 is 2.00 bits per heavy atom. The number of hydrogen-bond donors (Lipinski definition) is 1. The zero-order valence-electron chi connectivity index (χ0n) is 13.2. The molecule has 0 aliphatic heterocycles. The summed E-state index contributed by atoms with van der Waals surface area (Å²) in [5.74, 6) is -0.940. The van der Waals surface area contributed by atoms with Crippen LogP contribution < -0.4 is 5.32 Å². The van der Waals surface area contributed by atoms with Crippen LogP contribution in [0.3, 0.4) is 0 Å². The Kier molecular flexibility index (Phi) is 4.52. The third kappa shape index (κ3) is 3.41. The van der Waals surface area contributed by atoms with Gasteiger partial charge in [-0.15, -0.1) is 0 Å². The van der Waals surface area contributed by atoms with Crippen molar-refractivity contribution in [3.63, 3.8) is 0 Å². The van der Waals surface area contributed by atoms with Crippen LogP contribution in [0.2, 0.25) is 0 Å². The molecule has 0 aliphatic rings. The second kappa shape index (κ2) is 6.76. The Morgan fingerprint density at radius 3 is 2.79 bits per heavy atom. The van der Waals surface area contributed by atoms with E-state index in [2.05, 4.69) is 14.1 Å². The van der Waals surface area contributed by atoms with E-state index in [1.165, 1.54) is 0 Å². The molecule has 0 atom stereocenters. The molecule has 0 spiro atoms. The lowest BCUT2D eigenvalue weighted by Gasteiger charge is -2.08. The van der Waals surface area contributed by atoms with Crippen molar-refractivity contribution in [1.29, 1.82) is 0 Å². The molecular weight excluding hydrogens is 326 g/mol. The summed E-state index contributed by atoms with van der Waals surface area (Å²) in [7, 11) is 0. The number of nitrogens with zero attached hydrogens (tertiary/aromatic N) is 2. The number of carbonyl (C=O) groups is 2. The number of esters is 1. The van der Waals surface area contributed by atoms with E-state index in [4.69, 9.17) is 4.74 Å². The van der Waals surface area contributed by atoms with Crippen LogP contribution in [0.4, 0.5) is 5.69 Å². The fourth-order valence-electron chi connectivity index (χ4n) is 2.34. The lowest BCUT2D eigenvalue weighted by Crippen LogP contribution is -2.21. The van der Waals surface area contributed by atoms with Gasteiger partial charge in [-0.1, -0.05) is 23.8 Å². The van der Waals surface area contributed by atoms with Crippen molar-refractivity contribution in [2.75, 3.05) is 11.9 Å². The predicted molar refractivity (Wildman–Crippen MR) is 92.2 cm³/mol. The average molecular weight is 341 g/mol. The number of fused-ring (bicyclic) bond motifs is 1. The number of amides is 1. The first-order valence-electron chi connectivity index (χ1n) is 7.30. The summed E-state index contributed by atoms with van der Waals surface area (Å²) in [6, 6.07) is 10.8. The van der Waals surface area contributed by atoms with Crippen molar-refractivity contribution in [3.8, 4) is 0 Å². The normalized spacial score (nSPS) is 10.6. The number of rotatable bonds is 4. The maximum Gasteiger partial charge on any atom is 0.338 e. The van der Waals surface area contributed by atoms with Crippen molar-refractivity contribution in [2.24, 2.45) is 0 Å². The molecule has 0 fully saturated rings. The fraction of sp³-hybridized carbons (Fsp3) is 0.176. The first-order valence-corrected chi connectivity index (χ1v) is 8.03. The van der Waals surface area contributed by atoms with Gasteiger partial charge in [0.1, 0.15) is 11.0 Å². The van der Waals surface area contributed by atoms with E-state index in [-0.39, 0.29) is 6.61 Å². The highest BCUT2D eigenvalue weighted by atomic mass is 32.1. The molecule has 1 aromatic heterocycles. The summed E-state index contributed by atoms with van der Waals surface area (Å²) in [6.45, 7) is 3.42. The number of nitrogens with one attached hydrogen (secondary N) is 1. The molecule has 0 radical (unpaired) electrons. The molecule has 1 amide bonds. The first-order chi connectivity index (χ1) is 11.5. The Labute approximate surface area is 142 Å². The van der Waals surface area contributed by atoms with Crippen LogP contribution >= 0.6 is 11.7 Å². The molecule has 7 heteroatoms. The van der Waals surface area contributed by atoms with Gasteiger partial charge in [0, 0.05) is 0 Å². The number of benzene rings is 2. The van der Waals surface area contributed by atoms with Crippen LogP contribution in [0.25, 0.3) is 11.0 Å². The van der Waals surface area contributed by atoms with Gasteiger partial charge in [0.25, 0.3) is 5.91 Å². The number of hydrogen-bond acceptors (Lipinski definition) is 6. The highest BCUT2D eigenvalue weighted by Crippen LogP contribution is 2.21. The number of aryl methyl sites for hydroxylation is 2. The third-order valence-electron chi connectivity index (χ3n) is 3.50. The van der Waals surface area contributed by atoms with E-state index < -0.39 is 11.9 Å². The van der Waals surface area contributed by atoms with Gasteiger partial charge in [0.15, 0.2) is 6.61 Å². The smallest absolute Gasteiger partial charge is 0.338 e. The average Bonchev–Trinajstić information content (AvgIpc) is 3.02. The molecule has 0 unspecified atom stereocenters. The number of anilines is 1. The van der Waals surface area contributed by atoms with E-state index in [0.29, 0.717) is 22.3 Å². The molecule has 3 aromatic rings. The molecule has 6 nitrogen and oxygen atoms in total. The van der Waals surface area contributed by atoms with Crippen LogP contribution in [0.15, 0.2) is 36.4 Å². The number of aromatic nitrogens is 2. The molecule has 0 saturated heterocycles. The summed E-state index contributed by atoms with van der Waals surface area (Å²) in [6.07, 6.45) is 0. The summed E-state index contributed by atoms with van der Waals surface area (Å²) in [5.41, 5.74) is 4.22. The van der Waals surface area contributed by atoms with Gasteiger partial charge in [0.2, 0.25) is 0 Å². The Hall–Kier alpha value is -2.80. The van der Waals surface area contributed by atoms with E-state index in [1.807, 2.05) is 32.0 Å². The molecule has 1 heterocycles. The molecular formula is C17H15N3O3S. The van der Waals surface area contributed by atoms with Crippen LogP contribution in [0.5, 0.6) is 0 Å². The summed E-state index contributed by atoms with van der Waals surface area (Å²) in [4.78, 5) is 24.1. The zero-order valence-corrected chi connectivity index (χ0v) is 14.0. The van der Waals surface area contributed by atoms with E-state index >= 15 is 0 Å². The molecule has 1 N–H and O–H groups in total. The minimum absolute atomic E-state index is 0.361. The maximum absolute atomic E-state index is 12.1. The number of ether oxygens (including phenoxy) is 1. The van der Waals surface area contributed by atoms with Gasteiger partial charge in [-0.3, -0.25) is 4.79 Å². The van der Waals surface area contributed by atoms with Gasteiger partial charge in [-0.25, -0.2) is 4.79 Å². The highest BCUT2D eigenvalue weighted by molar-refractivity contribution is 7.00. The summed E-state index contributed by atoms with van der Waals surface area (Å²) in [5, 5.41) is 2.69. The lowest BCUT2D eigenvalue weighted by molar-refractivity contribution is -0.119. The van der Waals surface area contributed by atoms with Gasteiger partial charge in [-0.05, 0) is 37.6 Å². The summed E-state index contributed by atoms with van der Waals surface area (Å²) >= 11 is 1.08. The minimum atomic E-state index is -0.517.